The molecule has 1 amide bonds. The Balaban J connectivity index is 1.32. The summed E-state index contributed by atoms with van der Waals surface area (Å²) in [6.07, 6.45) is 7.32. The van der Waals surface area contributed by atoms with Crippen LogP contribution >= 0.6 is 0 Å². The summed E-state index contributed by atoms with van der Waals surface area (Å²) in [4.78, 5) is 24.4. The molecule has 4 heterocycles. The lowest BCUT2D eigenvalue weighted by Crippen LogP contribution is -2.37. The SMILES string of the molecule is C[C@@H]1Cc2cc(C(=O)N3CCc4nc([C@H]5CCCCN5)ncc4C3)ccc2O1. The van der Waals surface area contributed by atoms with Crippen molar-refractivity contribution >= 4 is 5.91 Å². The summed E-state index contributed by atoms with van der Waals surface area (Å²) >= 11 is 0. The summed E-state index contributed by atoms with van der Waals surface area (Å²) in [6, 6.07) is 6.07. The largest absolute Gasteiger partial charge is 0.490 e. The van der Waals surface area contributed by atoms with Crippen LogP contribution in [-0.4, -0.2) is 40.0 Å². The van der Waals surface area contributed by atoms with Crippen molar-refractivity contribution in [1.29, 1.82) is 0 Å². The Morgan fingerprint density at radius 2 is 2.21 bits per heavy atom. The van der Waals surface area contributed by atoms with Crippen LogP contribution in [0.3, 0.4) is 0 Å². The van der Waals surface area contributed by atoms with Crippen LogP contribution in [0.15, 0.2) is 24.4 Å². The summed E-state index contributed by atoms with van der Waals surface area (Å²) in [5, 5.41) is 3.51. The fourth-order valence-electron chi connectivity index (χ4n) is 4.48. The Kier molecular flexibility index (Phi) is 4.51. The van der Waals surface area contributed by atoms with Gasteiger partial charge < -0.3 is 15.0 Å². The Bertz CT molecular complexity index is 907. The second-order valence-corrected chi connectivity index (χ2v) is 8.13. The van der Waals surface area contributed by atoms with Gasteiger partial charge in [0, 0.05) is 43.3 Å². The van der Waals surface area contributed by atoms with E-state index >= 15 is 0 Å². The normalized spacial score (nSPS) is 23.7. The third kappa shape index (κ3) is 3.26. The Morgan fingerprint density at radius 1 is 1.29 bits per heavy atom. The molecule has 0 unspecified atom stereocenters. The van der Waals surface area contributed by atoms with Crippen LogP contribution in [0, 0.1) is 0 Å². The predicted molar refractivity (Wildman–Crippen MR) is 105 cm³/mol. The number of aromatic nitrogens is 2. The monoisotopic (exact) mass is 378 g/mol. The quantitative estimate of drug-likeness (QED) is 0.870. The van der Waals surface area contributed by atoms with E-state index in [0.29, 0.717) is 13.1 Å². The van der Waals surface area contributed by atoms with Gasteiger partial charge in [-0.25, -0.2) is 9.97 Å². The van der Waals surface area contributed by atoms with Crippen molar-refractivity contribution in [2.75, 3.05) is 13.1 Å². The van der Waals surface area contributed by atoms with E-state index in [1.807, 2.05) is 29.3 Å². The van der Waals surface area contributed by atoms with Gasteiger partial charge in [-0.05, 0) is 50.1 Å². The van der Waals surface area contributed by atoms with Crippen LogP contribution in [-0.2, 0) is 19.4 Å². The van der Waals surface area contributed by atoms with Crippen molar-refractivity contribution in [3.63, 3.8) is 0 Å². The molecule has 2 atom stereocenters. The number of carbonyl (C=O) groups excluding carboxylic acids is 1. The second kappa shape index (κ2) is 7.17. The zero-order valence-corrected chi connectivity index (χ0v) is 16.3. The maximum absolute atomic E-state index is 13.0. The van der Waals surface area contributed by atoms with Gasteiger partial charge in [0.25, 0.3) is 5.91 Å². The molecule has 3 aliphatic rings. The zero-order valence-electron chi connectivity index (χ0n) is 16.3. The number of hydrogen-bond acceptors (Lipinski definition) is 5. The number of nitrogens with zero attached hydrogens (tertiary/aromatic N) is 3. The number of nitrogens with one attached hydrogen (secondary N) is 1. The molecular weight excluding hydrogens is 352 g/mol. The highest BCUT2D eigenvalue weighted by Gasteiger charge is 2.27. The molecule has 6 heteroatoms. The summed E-state index contributed by atoms with van der Waals surface area (Å²) < 4.78 is 5.75. The first kappa shape index (κ1) is 17.6. The molecule has 3 aliphatic heterocycles. The van der Waals surface area contributed by atoms with Crippen LogP contribution in [0.25, 0.3) is 0 Å². The van der Waals surface area contributed by atoms with Gasteiger partial charge in [0.2, 0.25) is 0 Å². The molecule has 1 fully saturated rings. The Labute approximate surface area is 165 Å². The molecule has 1 aromatic heterocycles. The number of fused-ring (bicyclic) bond motifs is 2. The lowest BCUT2D eigenvalue weighted by atomic mass is 10.0. The van der Waals surface area contributed by atoms with Crippen molar-refractivity contribution in [3.8, 4) is 5.75 Å². The van der Waals surface area contributed by atoms with Gasteiger partial charge in [-0.15, -0.1) is 0 Å². The van der Waals surface area contributed by atoms with Crippen molar-refractivity contribution in [1.82, 2.24) is 20.2 Å². The summed E-state index contributed by atoms with van der Waals surface area (Å²) in [6.45, 7) is 4.37. The third-order valence-corrected chi connectivity index (χ3v) is 6.00. The van der Waals surface area contributed by atoms with E-state index in [0.717, 1.165) is 59.8 Å². The average Bonchev–Trinajstić information content (AvgIpc) is 3.12. The lowest BCUT2D eigenvalue weighted by Gasteiger charge is -2.29. The minimum atomic E-state index is 0.0750. The molecule has 6 nitrogen and oxygen atoms in total. The van der Waals surface area contributed by atoms with Crippen molar-refractivity contribution < 1.29 is 9.53 Å². The van der Waals surface area contributed by atoms with Gasteiger partial charge in [-0.2, -0.15) is 0 Å². The highest BCUT2D eigenvalue weighted by molar-refractivity contribution is 5.94. The van der Waals surface area contributed by atoms with E-state index in [9.17, 15) is 4.79 Å². The van der Waals surface area contributed by atoms with Gasteiger partial charge in [0.05, 0.1) is 11.7 Å². The summed E-state index contributed by atoms with van der Waals surface area (Å²) in [5.41, 5.74) is 4.03. The topological polar surface area (TPSA) is 67.4 Å². The van der Waals surface area contributed by atoms with Crippen LogP contribution in [0.4, 0.5) is 0 Å². The summed E-state index contributed by atoms with van der Waals surface area (Å²) in [5.74, 6) is 1.89. The zero-order chi connectivity index (χ0) is 19.1. The predicted octanol–water partition coefficient (Wildman–Crippen LogP) is 2.81. The average molecular weight is 378 g/mol. The van der Waals surface area contributed by atoms with Crippen LogP contribution < -0.4 is 10.1 Å². The number of hydrogen-bond donors (Lipinski definition) is 1. The standard InChI is InChI=1S/C22H26N4O2/c1-14-10-16-11-15(5-6-20(16)28-14)22(27)26-9-7-18-17(13-26)12-24-21(25-18)19-4-2-3-8-23-19/h5-6,11-12,14,19,23H,2-4,7-10,13H2,1H3/t14-,19-/m1/s1. The minimum absolute atomic E-state index is 0.0750. The number of carbonyl (C=O) groups is 1. The fraction of sp³-hybridized carbons (Fsp3) is 0.500. The maximum atomic E-state index is 13.0. The molecule has 28 heavy (non-hydrogen) atoms. The molecule has 5 rings (SSSR count). The van der Waals surface area contributed by atoms with Gasteiger partial charge in [-0.3, -0.25) is 4.79 Å². The van der Waals surface area contributed by atoms with E-state index in [1.165, 1.54) is 12.8 Å². The Morgan fingerprint density at radius 3 is 3.07 bits per heavy atom. The van der Waals surface area contributed by atoms with E-state index in [1.54, 1.807) is 0 Å². The third-order valence-electron chi connectivity index (χ3n) is 6.00. The molecule has 1 saturated heterocycles. The van der Waals surface area contributed by atoms with Gasteiger partial charge in [-0.1, -0.05) is 6.42 Å². The lowest BCUT2D eigenvalue weighted by molar-refractivity contribution is 0.0733. The number of benzene rings is 1. The molecule has 0 radical (unpaired) electrons. The first-order valence-electron chi connectivity index (χ1n) is 10.3. The second-order valence-electron chi connectivity index (χ2n) is 8.13. The molecular formula is C22H26N4O2. The fourth-order valence-corrected chi connectivity index (χ4v) is 4.48. The molecule has 0 spiro atoms. The highest BCUT2D eigenvalue weighted by Crippen LogP contribution is 2.30. The van der Waals surface area contributed by atoms with E-state index in [4.69, 9.17) is 9.72 Å². The highest BCUT2D eigenvalue weighted by atomic mass is 16.5. The number of amides is 1. The van der Waals surface area contributed by atoms with Crippen molar-refractivity contribution in [2.24, 2.45) is 0 Å². The van der Waals surface area contributed by atoms with E-state index in [-0.39, 0.29) is 18.1 Å². The molecule has 0 bridgehead atoms. The first-order valence-corrected chi connectivity index (χ1v) is 10.3. The van der Waals surface area contributed by atoms with E-state index < -0.39 is 0 Å². The molecule has 146 valence electrons. The van der Waals surface area contributed by atoms with Crippen molar-refractivity contribution in [3.05, 3.63) is 52.6 Å². The maximum Gasteiger partial charge on any atom is 0.254 e. The van der Waals surface area contributed by atoms with Gasteiger partial charge in [0.1, 0.15) is 17.7 Å². The number of rotatable bonds is 2. The van der Waals surface area contributed by atoms with Crippen LogP contribution in [0.1, 0.15) is 65.2 Å². The van der Waals surface area contributed by atoms with Crippen LogP contribution in [0.5, 0.6) is 5.75 Å². The number of ether oxygens (including phenoxy) is 1. The smallest absolute Gasteiger partial charge is 0.254 e. The van der Waals surface area contributed by atoms with Crippen molar-refractivity contribution in [2.45, 2.75) is 57.7 Å². The molecule has 0 aliphatic carbocycles. The first-order chi connectivity index (χ1) is 13.7. The molecule has 2 aromatic rings. The van der Waals surface area contributed by atoms with Gasteiger partial charge in [0.15, 0.2) is 0 Å². The number of piperidine rings is 1. The Hall–Kier alpha value is -2.47. The summed E-state index contributed by atoms with van der Waals surface area (Å²) in [7, 11) is 0. The molecule has 0 saturated carbocycles. The minimum Gasteiger partial charge on any atom is -0.490 e. The van der Waals surface area contributed by atoms with Crippen LogP contribution in [0.2, 0.25) is 0 Å². The van der Waals surface area contributed by atoms with E-state index in [2.05, 4.69) is 17.2 Å². The molecule has 1 aromatic carbocycles. The van der Waals surface area contributed by atoms with Gasteiger partial charge >= 0.3 is 0 Å². The molecule has 1 N–H and O–H groups in total.